The first-order chi connectivity index (χ1) is 12.3. The number of amides is 3. The van der Waals surface area contributed by atoms with E-state index in [1.807, 2.05) is 5.43 Å². The Morgan fingerprint density at radius 1 is 1.04 bits per heavy atom. The number of primary amides is 1. The number of carbonyl (C=O) groups is 3. The van der Waals surface area contributed by atoms with E-state index in [1.54, 1.807) is 37.3 Å². The van der Waals surface area contributed by atoms with Crippen LogP contribution in [-0.4, -0.2) is 23.4 Å². The van der Waals surface area contributed by atoms with E-state index in [0.717, 1.165) is 0 Å². The lowest BCUT2D eigenvalue weighted by Gasteiger charge is -2.08. The summed E-state index contributed by atoms with van der Waals surface area (Å²) in [6, 6.07) is 11.3. The van der Waals surface area contributed by atoms with Gasteiger partial charge in [0.2, 0.25) is 0 Å². The van der Waals surface area contributed by atoms with Gasteiger partial charge < -0.3 is 11.1 Å². The molecule has 0 bridgehead atoms. The number of hydrazone groups is 1. The molecular formula is C17H14Cl2N4O3. The van der Waals surface area contributed by atoms with Crippen molar-refractivity contribution in [3.8, 4) is 0 Å². The first-order valence-electron chi connectivity index (χ1n) is 7.29. The van der Waals surface area contributed by atoms with Crippen LogP contribution < -0.4 is 16.5 Å². The summed E-state index contributed by atoms with van der Waals surface area (Å²) in [4.78, 5) is 34.0. The summed E-state index contributed by atoms with van der Waals surface area (Å²) in [7, 11) is 0. The third-order valence-electron chi connectivity index (χ3n) is 3.29. The lowest BCUT2D eigenvalue weighted by molar-refractivity contribution is -0.137. The van der Waals surface area contributed by atoms with Gasteiger partial charge in [0, 0.05) is 10.7 Å². The molecule has 26 heavy (non-hydrogen) atoms. The minimum atomic E-state index is -1.12. The van der Waals surface area contributed by atoms with Crippen molar-refractivity contribution in [2.75, 3.05) is 5.32 Å². The highest BCUT2D eigenvalue weighted by molar-refractivity contribution is 6.37. The molecule has 0 fully saturated rings. The number of rotatable bonds is 4. The topological polar surface area (TPSA) is 114 Å². The van der Waals surface area contributed by atoms with Crippen molar-refractivity contribution < 1.29 is 14.4 Å². The fourth-order valence-corrected chi connectivity index (χ4v) is 2.42. The highest BCUT2D eigenvalue weighted by Crippen LogP contribution is 2.22. The average molecular weight is 393 g/mol. The van der Waals surface area contributed by atoms with Gasteiger partial charge in [-0.2, -0.15) is 5.10 Å². The average Bonchev–Trinajstić information content (AvgIpc) is 2.59. The van der Waals surface area contributed by atoms with Gasteiger partial charge in [-0.15, -0.1) is 0 Å². The monoisotopic (exact) mass is 392 g/mol. The van der Waals surface area contributed by atoms with Gasteiger partial charge in [0.15, 0.2) is 0 Å². The summed E-state index contributed by atoms with van der Waals surface area (Å²) in [5.41, 5.74) is 8.83. The number of halogens is 2. The summed E-state index contributed by atoms with van der Waals surface area (Å²) < 4.78 is 0. The number of hydrogen-bond acceptors (Lipinski definition) is 4. The maximum absolute atomic E-state index is 12.3. The van der Waals surface area contributed by atoms with Crippen molar-refractivity contribution >= 4 is 52.3 Å². The molecule has 0 aliphatic heterocycles. The van der Waals surface area contributed by atoms with Crippen LogP contribution in [0.15, 0.2) is 47.6 Å². The lowest BCUT2D eigenvalue weighted by atomic mass is 10.1. The molecule has 2 rings (SSSR count). The van der Waals surface area contributed by atoms with Crippen LogP contribution in [0.2, 0.25) is 10.0 Å². The maximum atomic E-state index is 12.3. The summed E-state index contributed by atoms with van der Waals surface area (Å²) in [6.45, 7) is 1.64. The molecule has 7 nitrogen and oxygen atoms in total. The fraction of sp³-hybridized carbons (Fsp3) is 0.0588. The Balaban J connectivity index is 2.07. The second-order valence-corrected chi connectivity index (χ2v) is 6.00. The molecule has 0 saturated heterocycles. The van der Waals surface area contributed by atoms with Gasteiger partial charge in [-0.1, -0.05) is 35.3 Å². The van der Waals surface area contributed by atoms with E-state index < -0.39 is 11.8 Å². The Morgan fingerprint density at radius 2 is 1.69 bits per heavy atom. The van der Waals surface area contributed by atoms with Gasteiger partial charge in [0.1, 0.15) is 0 Å². The summed E-state index contributed by atoms with van der Waals surface area (Å²) in [6.07, 6.45) is 0. The quantitative estimate of drug-likeness (QED) is 0.421. The van der Waals surface area contributed by atoms with Crippen molar-refractivity contribution in [2.45, 2.75) is 6.92 Å². The zero-order valence-electron chi connectivity index (χ0n) is 13.5. The molecule has 2 aromatic rings. The second-order valence-electron chi connectivity index (χ2n) is 5.16. The summed E-state index contributed by atoms with van der Waals surface area (Å²) in [5.74, 6) is -2.51. The van der Waals surface area contributed by atoms with E-state index >= 15 is 0 Å². The van der Waals surface area contributed by atoms with Gasteiger partial charge in [-0.05, 0) is 42.8 Å². The molecule has 0 aliphatic rings. The molecule has 3 amide bonds. The minimum Gasteiger partial charge on any atom is -0.361 e. The highest BCUT2D eigenvalue weighted by Gasteiger charge is 2.11. The smallest absolute Gasteiger partial charge is 0.329 e. The Morgan fingerprint density at radius 3 is 2.27 bits per heavy atom. The van der Waals surface area contributed by atoms with E-state index in [4.69, 9.17) is 28.9 Å². The van der Waals surface area contributed by atoms with E-state index in [2.05, 4.69) is 10.4 Å². The molecule has 0 heterocycles. The zero-order valence-corrected chi connectivity index (χ0v) is 15.1. The maximum Gasteiger partial charge on any atom is 0.329 e. The van der Waals surface area contributed by atoms with Crippen molar-refractivity contribution in [3.05, 3.63) is 63.6 Å². The Labute approximate surface area is 159 Å². The van der Waals surface area contributed by atoms with E-state index in [1.165, 1.54) is 12.1 Å². The Hall–Kier alpha value is -2.90. The summed E-state index contributed by atoms with van der Waals surface area (Å²) in [5, 5.41) is 7.17. The first-order valence-corrected chi connectivity index (χ1v) is 8.04. The van der Waals surface area contributed by atoms with Crippen molar-refractivity contribution in [3.63, 3.8) is 0 Å². The number of anilines is 1. The molecule has 0 spiro atoms. The van der Waals surface area contributed by atoms with Gasteiger partial charge in [0.05, 0.1) is 16.3 Å². The van der Waals surface area contributed by atoms with Gasteiger partial charge >= 0.3 is 11.8 Å². The standard InChI is InChI=1S/C17H14Cl2N4O3/c1-9(22-23-17(26)15(20)24)10-2-5-12(6-3-10)21-16(25)13-7-4-11(18)8-14(13)19/h2-8H,1H3,(H2,20,24)(H,21,25)(H,23,26). The number of carbonyl (C=O) groups excluding carboxylic acids is 3. The van der Waals surface area contributed by atoms with Crippen molar-refractivity contribution in [1.29, 1.82) is 0 Å². The van der Waals surface area contributed by atoms with Crippen LogP contribution >= 0.6 is 23.2 Å². The SMILES string of the molecule is CC(=NNC(=O)C(N)=O)c1ccc(NC(=O)c2ccc(Cl)cc2Cl)cc1. The van der Waals surface area contributed by atoms with Crippen LogP contribution in [0.1, 0.15) is 22.8 Å². The fourth-order valence-electron chi connectivity index (χ4n) is 1.92. The molecule has 4 N–H and O–H groups in total. The predicted molar refractivity (Wildman–Crippen MR) is 100 cm³/mol. The Kier molecular flexibility index (Phi) is 6.32. The van der Waals surface area contributed by atoms with Gasteiger partial charge in [-0.25, -0.2) is 5.43 Å². The van der Waals surface area contributed by atoms with E-state index in [9.17, 15) is 14.4 Å². The number of benzene rings is 2. The van der Waals surface area contributed by atoms with Crippen molar-refractivity contribution in [1.82, 2.24) is 5.43 Å². The van der Waals surface area contributed by atoms with Crippen LogP contribution in [0.5, 0.6) is 0 Å². The third kappa shape index (κ3) is 5.05. The first kappa shape index (κ1) is 19.4. The molecule has 0 radical (unpaired) electrons. The number of nitrogens with one attached hydrogen (secondary N) is 2. The molecule has 2 aromatic carbocycles. The van der Waals surface area contributed by atoms with Crippen LogP contribution in [0.25, 0.3) is 0 Å². The van der Waals surface area contributed by atoms with Crippen LogP contribution in [0.4, 0.5) is 5.69 Å². The molecule has 0 saturated carbocycles. The second kappa shape index (κ2) is 8.46. The number of nitrogens with zero attached hydrogens (tertiary/aromatic N) is 1. The molecule has 0 unspecified atom stereocenters. The molecular weight excluding hydrogens is 379 g/mol. The number of nitrogens with two attached hydrogens (primary N) is 1. The van der Waals surface area contributed by atoms with E-state index in [-0.39, 0.29) is 10.9 Å². The molecule has 0 aliphatic carbocycles. The normalized spacial score (nSPS) is 11.0. The van der Waals surface area contributed by atoms with Crippen LogP contribution in [0.3, 0.4) is 0 Å². The molecule has 9 heteroatoms. The molecule has 0 aromatic heterocycles. The largest absolute Gasteiger partial charge is 0.361 e. The Bertz CT molecular complexity index is 895. The van der Waals surface area contributed by atoms with Crippen molar-refractivity contribution in [2.24, 2.45) is 10.8 Å². The van der Waals surface area contributed by atoms with Gasteiger partial charge in [-0.3, -0.25) is 14.4 Å². The van der Waals surface area contributed by atoms with Crippen LogP contribution in [-0.2, 0) is 9.59 Å². The third-order valence-corrected chi connectivity index (χ3v) is 3.83. The highest BCUT2D eigenvalue weighted by atomic mass is 35.5. The lowest BCUT2D eigenvalue weighted by Crippen LogP contribution is -2.33. The zero-order chi connectivity index (χ0) is 19.3. The van der Waals surface area contributed by atoms with Crippen LogP contribution in [0, 0.1) is 0 Å². The molecule has 0 atom stereocenters. The predicted octanol–water partition coefficient (Wildman–Crippen LogP) is 2.57. The molecule has 134 valence electrons. The van der Waals surface area contributed by atoms with E-state index in [0.29, 0.717) is 27.5 Å². The van der Waals surface area contributed by atoms with Gasteiger partial charge in [0.25, 0.3) is 5.91 Å². The minimum absolute atomic E-state index is 0.250. The summed E-state index contributed by atoms with van der Waals surface area (Å²) >= 11 is 11.8. The number of hydrogen-bond donors (Lipinski definition) is 3.